The average Bonchev–Trinajstić information content (AvgIpc) is 2.85. The van der Waals surface area contributed by atoms with Crippen molar-refractivity contribution in [3.63, 3.8) is 0 Å². The Bertz CT molecular complexity index is 601. The second-order valence-electron chi connectivity index (χ2n) is 4.98. The zero-order valence-electron chi connectivity index (χ0n) is 11.1. The lowest BCUT2D eigenvalue weighted by molar-refractivity contribution is -0.0438. The van der Waals surface area contributed by atoms with Crippen LogP contribution in [-0.4, -0.2) is 26.6 Å². The quantitative estimate of drug-likeness (QED) is 0.924. The molecule has 0 saturated heterocycles. The van der Waals surface area contributed by atoms with E-state index in [0.29, 0.717) is 13.0 Å². The fraction of sp³-hybridized carbons (Fsp3) is 0.538. The zero-order chi connectivity index (χ0) is 15.7. The molecule has 2 rings (SSSR count). The fourth-order valence-electron chi connectivity index (χ4n) is 2.48. The molecule has 0 bridgehead atoms. The molecule has 1 aromatic carbocycles. The first-order valence-corrected chi connectivity index (χ1v) is 8.03. The third-order valence-corrected chi connectivity index (χ3v) is 5.14. The molecule has 21 heavy (non-hydrogen) atoms. The van der Waals surface area contributed by atoms with Gasteiger partial charge in [0.1, 0.15) is 16.7 Å². The van der Waals surface area contributed by atoms with Crippen LogP contribution < -0.4 is 10.5 Å². The second-order valence-corrected chi connectivity index (χ2v) is 6.89. The first-order chi connectivity index (χ1) is 9.77. The number of nitrogens with two attached hydrogens (primary N) is 1. The number of alkyl halides is 3. The van der Waals surface area contributed by atoms with E-state index in [1.54, 1.807) is 0 Å². The summed E-state index contributed by atoms with van der Waals surface area (Å²) in [5.74, 6) is -0.230. The van der Waals surface area contributed by atoms with E-state index in [-0.39, 0.29) is 17.8 Å². The van der Waals surface area contributed by atoms with Crippen molar-refractivity contribution in [2.24, 2.45) is 11.7 Å². The molecule has 2 unspecified atom stereocenters. The Labute approximate surface area is 121 Å². The molecule has 0 spiro atoms. The molecule has 118 valence electrons. The molecule has 0 heterocycles. The van der Waals surface area contributed by atoms with Crippen LogP contribution in [0.25, 0.3) is 0 Å². The Morgan fingerprint density at radius 2 is 1.90 bits per heavy atom. The van der Waals surface area contributed by atoms with Gasteiger partial charge in [-0.15, -0.1) is 0 Å². The van der Waals surface area contributed by atoms with Gasteiger partial charge in [-0.1, -0.05) is 12.1 Å². The highest BCUT2D eigenvalue weighted by molar-refractivity contribution is 7.92. The summed E-state index contributed by atoms with van der Waals surface area (Å²) >= 11 is 0. The largest absolute Gasteiger partial charge is 0.502 e. The van der Waals surface area contributed by atoms with Crippen molar-refractivity contribution in [2.45, 2.75) is 35.8 Å². The molecule has 1 aromatic rings. The number of sulfone groups is 1. The molecule has 1 aliphatic carbocycles. The lowest BCUT2D eigenvalue weighted by Crippen LogP contribution is -2.29. The highest BCUT2D eigenvalue weighted by Gasteiger charge is 2.48. The molecule has 0 aliphatic heterocycles. The summed E-state index contributed by atoms with van der Waals surface area (Å²) in [5, 5.41) is 0. The van der Waals surface area contributed by atoms with Gasteiger partial charge in [0, 0.05) is 5.92 Å². The number of halogens is 3. The van der Waals surface area contributed by atoms with Gasteiger partial charge in [-0.05, 0) is 37.9 Å². The number of hydrogen-bond acceptors (Lipinski definition) is 4. The molecule has 8 heteroatoms. The van der Waals surface area contributed by atoms with Crippen molar-refractivity contribution in [1.29, 1.82) is 0 Å². The van der Waals surface area contributed by atoms with Crippen LogP contribution >= 0.6 is 0 Å². The maximum atomic E-state index is 12.7. The van der Waals surface area contributed by atoms with Gasteiger partial charge in [-0.3, -0.25) is 0 Å². The molecule has 0 radical (unpaired) electrons. The minimum atomic E-state index is -5.43. The van der Waals surface area contributed by atoms with Gasteiger partial charge in [-0.25, -0.2) is 8.42 Å². The smallest absolute Gasteiger partial charge is 0.489 e. The van der Waals surface area contributed by atoms with E-state index in [9.17, 15) is 21.6 Å². The van der Waals surface area contributed by atoms with Crippen molar-refractivity contribution in [2.75, 3.05) is 6.54 Å². The van der Waals surface area contributed by atoms with Gasteiger partial charge in [0.05, 0.1) is 0 Å². The summed E-state index contributed by atoms with van der Waals surface area (Å²) in [6, 6.07) is 4.83. The van der Waals surface area contributed by atoms with Gasteiger partial charge in [0.25, 0.3) is 9.84 Å². The van der Waals surface area contributed by atoms with E-state index in [0.717, 1.165) is 18.9 Å². The lowest BCUT2D eigenvalue weighted by atomic mass is 10.1. The zero-order valence-corrected chi connectivity index (χ0v) is 12.0. The number of hydrogen-bond donors (Lipinski definition) is 1. The molecular formula is C13H16F3NO3S. The summed E-state index contributed by atoms with van der Waals surface area (Å²) in [7, 11) is -5.43. The molecule has 1 saturated carbocycles. The molecule has 2 atom stereocenters. The summed E-state index contributed by atoms with van der Waals surface area (Å²) in [6.45, 7) is 0.360. The van der Waals surface area contributed by atoms with Crippen LogP contribution in [0.4, 0.5) is 13.2 Å². The van der Waals surface area contributed by atoms with Crippen molar-refractivity contribution in [1.82, 2.24) is 0 Å². The van der Waals surface area contributed by atoms with Crippen molar-refractivity contribution in [3.8, 4) is 5.75 Å². The summed E-state index contributed by atoms with van der Waals surface area (Å²) in [5.41, 5.74) is 0.241. The summed E-state index contributed by atoms with van der Waals surface area (Å²) < 4.78 is 66.7. The molecule has 2 N–H and O–H groups in total. The maximum Gasteiger partial charge on any atom is 0.502 e. The average molecular weight is 323 g/mol. The molecule has 4 nitrogen and oxygen atoms in total. The predicted octanol–water partition coefficient (Wildman–Crippen LogP) is 2.49. The van der Waals surface area contributed by atoms with Crippen LogP contribution in [0.5, 0.6) is 5.75 Å². The van der Waals surface area contributed by atoms with Gasteiger partial charge in [0.2, 0.25) is 0 Å². The standard InChI is InChI=1S/C13H16F3NO3S/c14-13(15,16)21(18,19)12-7-2-1-5-11(12)20-10-6-3-4-9(10)8-17/h1-2,5,7,9-10H,3-4,6,8,17H2. The van der Waals surface area contributed by atoms with Crippen molar-refractivity contribution < 1.29 is 26.3 Å². The van der Waals surface area contributed by atoms with Crippen LogP contribution in [0.2, 0.25) is 0 Å². The van der Waals surface area contributed by atoms with Gasteiger partial charge in [-0.2, -0.15) is 13.2 Å². The van der Waals surface area contributed by atoms with Crippen molar-refractivity contribution >= 4 is 9.84 Å². The predicted molar refractivity (Wildman–Crippen MR) is 70.5 cm³/mol. The minimum Gasteiger partial charge on any atom is -0.489 e. The molecule has 1 fully saturated rings. The highest BCUT2D eigenvalue weighted by Crippen LogP contribution is 2.37. The Morgan fingerprint density at radius 1 is 1.24 bits per heavy atom. The molecule has 0 amide bonds. The van der Waals surface area contributed by atoms with E-state index in [1.165, 1.54) is 18.2 Å². The second kappa shape index (κ2) is 5.84. The Morgan fingerprint density at radius 3 is 2.52 bits per heavy atom. The fourth-order valence-corrected chi connectivity index (χ4v) is 3.37. The Kier molecular flexibility index (Phi) is 4.48. The Hall–Kier alpha value is -1.28. The summed E-state index contributed by atoms with van der Waals surface area (Å²) in [4.78, 5) is -0.847. The van der Waals surface area contributed by atoms with E-state index < -0.39 is 20.2 Å². The van der Waals surface area contributed by atoms with E-state index in [1.807, 2.05) is 0 Å². The monoisotopic (exact) mass is 323 g/mol. The van der Waals surface area contributed by atoms with Crippen molar-refractivity contribution in [3.05, 3.63) is 24.3 Å². The van der Waals surface area contributed by atoms with Crippen LogP contribution in [0.1, 0.15) is 19.3 Å². The van der Waals surface area contributed by atoms with E-state index >= 15 is 0 Å². The van der Waals surface area contributed by atoms with Gasteiger partial charge >= 0.3 is 5.51 Å². The number of rotatable bonds is 4. The SMILES string of the molecule is NCC1CCCC1Oc1ccccc1S(=O)(=O)C(F)(F)F. The third-order valence-electron chi connectivity index (χ3n) is 3.61. The third kappa shape index (κ3) is 3.16. The number of benzene rings is 1. The van der Waals surface area contributed by atoms with Crippen LogP contribution in [0.15, 0.2) is 29.2 Å². The first kappa shape index (κ1) is 16.1. The summed E-state index contributed by atoms with van der Waals surface area (Å²) in [6.07, 6.45) is 2.00. The van der Waals surface area contributed by atoms with Crippen LogP contribution in [-0.2, 0) is 9.84 Å². The maximum absolute atomic E-state index is 12.7. The molecule has 0 aromatic heterocycles. The van der Waals surface area contributed by atoms with E-state index in [4.69, 9.17) is 10.5 Å². The van der Waals surface area contributed by atoms with Crippen LogP contribution in [0.3, 0.4) is 0 Å². The number of para-hydroxylation sites is 1. The van der Waals surface area contributed by atoms with Gasteiger partial charge in [0.15, 0.2) is 0 Å². The minimum absolute atomic E-state index is 0.0339. The lowest BCUT2D eigenvalue weighted by Gasteiger charge is -2.22. The topological polar surface area (TPSA) is 69.4 Å². The normalized spacial score (nSPS) is 23.2. The molecular weight excluding hydrogens is 307 g/mol. The van der Waals surface area contributed by atoms with Gasteiger partial charge < -0.3 is 10.5 Å². The van der Waals surface area contributed by atoms with Crippen LogP contribution in [0, 0.1) is 5.92 Å². The molecule has 1 aliphatic rings. The highest BCUT2D eigenvalue weighted by atomic mass is 32.2. The first-order valence-electron chi connectivity index (χ1n) is 6.54. The van der Waals surface area contributed by atoms with E-state index in [2.05, 4.69) is 0 Å². The Balaban J connectivity index is 2.34. The number of ether oxygens (including phenoxy) is 1.